The van der Waals surface area contributed by atoms with E-state index in [9.17, 15) is 9.90 Å². The second-order valence-electron chi connectivity index (χ2n) is 5.56. The number of carbonyl (C=O) groups excluding carboxylic acids is 1. The van der Waals surface area contributed by atoms with Crippen molar-refractivity contribution in [3.05, 3.63) is 59.2 Å². The van der Waals surface area contributed by atoms with E-state index in [2.05, 4.69) is 27.4 Å². The summed E-state index contributed by atoms with van der Waals surface area (Å²) in [7, 11) is 0. The van der Waals surface area contributed by atoms with Gasteiger partial charge in [0.1, 0.15) is 5.75 Å². The van der Waals surface area contributed by atoms with Crippen molar-refractivity contribution in [2.24, 2.45) is 0 Å². The maximum Gasteiger partial charge on any atom is 0.280 e. The number of amides is 1. The molecular formula is C18H15N3O2S. The van der Waals surface area contributed by atoms with E-state index in [1.165, 1.54) is 16.7 Å². The van der Waals surface area contributed by atoms with Crippen LogP contribution in [0.3, 0.4) is 0 Å². The Kier molecular flexibility index (Phi) is 3.66. The molecule has 2 aromatic heterocycles. The van der Waals surface area contributed by atoms with E-state index in [1.54, 1.807) is 18.2 Å². The van der Waals surface area contributed by atoms with Crippen LogP contribution in [0.15, 0.2) is 48.5 Å². The molecule has 0 radical (unpaired) electrons. The Morgan fingerprint density at radius 1 is 1.21 bits per heavy atom. The summed E-state index contributed by atoms with van der Waals surface area (Å²) in [6, 6.07) is 15.1. The average molecular weight is 337 g/mol. The summed E-state index contributed by atoms with van der Waals surface area (Å²) in [4.78, 5) is 19.9. The highest BCUT2D eigenvalue weighted by Gasteiger charge is 2.12. The molecule has 0 bridgehead atoms. The third kappa shape index (κ3) is 2.83. The molecule has 1 amide bonds. The summed E-state index contributed by atoms with van der Waals surface area (Å²) in [6.07, 6.45) is 0.728. The highest BCUT2D eigenvalue weighted by Crippen LogP contribution is 2.25. The lowest BCUT2D eigenvalue weighted by molar-refractivity contribution is 0.0954. The van der Waals surface area contributed by atoms with Crippen LogP contribution >= 0.6 is 11.3 Å². The molecule has 0 aliphatic rings. The number of nitrogens with one attached hydrogen (secondary N) is 2. The van der Waals surface area contributed by atoms with Gasteiger partial charge in [0.2, 0.25) is 0 Å². The molecular weight excluding hydrogens is 322 g/mol. The van der Waals surface area contributed by atoms with E-state index in [-0.39, 0.29) is 11.7 Å². The fourth-order valence-corrected chi connectivity index (χ4v) is 3.58. The van der Waals surface area contributed by atoms with Gasteiger partial charge in [-0.1, -0.05) is 18.2 Å². The lowest BCUT2D eigenvalue weighted by Crippen LogP contribution is -2.25. The SMILES string of the molecule is O=C(NCCc1cc2ccccc2[nH]1)c1nc2ccc(O)cc2s1. The number of para-hydroxylation sites is 1. The molecule has 2 aromatic carbocycles. The van der Waals surface area contributed by atoms with Crippen LogP contribution in [0.5, 0.6) is 5.75 Å². The first kappa shape index (κ1) is 14.7. The van der Waals surface area contributed by atoms with Crippen LogP contribution in [0.1, 0.15) is 15.5 Å². The molecule has 6 heteroatoms. The van der Waals surface area contributed by atoms with Gasteiger partial charge in [0.05, 0.1) is 10.2 Å². The number of phenols is 1. The minimum absolute atomic E-state index is 0.178. The second-order valence-corrected chi connectivity index (χ2v) is 6.59. The van der Waals surface area contributed by atoms with E-state index in [0.29, 0.717) is 11.6 Å². The highest BCUT2D eigenvalue weighted by atomic mass is 32.1. The van der Waals surface area contributed by atoms with Gasteiger partial charge >= 0.3 is 0 Å². The Balaban J connectivity index is 1.41. The van der Waals surface area contributed by atoms with Gasteiger partial charge in [-0.15, -0.1) is 11.3 Å². The number of aromatic nitrogens is 2. The van der Waals surface area contributed by atoms with Gasteiger partial charge in [0, 0.05) is 24.2 Å². The number of H-pyrrole nitrogens is 1. The van der Waals surface area contributed by atoms with E-state index in [4.69, 9.17) is 0 Å². The van der Waals surface area contributed by atoms with Crippen LogP contribution in [0.25, 0.3) is 21.1 Å². The van der Waals surface area contributed by atoms with Crippen LogP contribution in [-0.2, 0) is 6.42 Å². The molecule has 0 unspecified atom stereocenters. The van der Waals surface area contributed by atoms with Gasteiger partial charge in [-0.3, -0.25) is 4.79 Å². The molecule has 4 rings (SSSR count). The van der Waals surface area contributed by atoms with Crippen LogP contribution in [0, 0.1) is 0 Å². The van der Waals surface area contributed by atoms with Crippen molar-refractivity contribution in [2.45, 2.75) is 6.42 Å². The Bertz CT molecular complexity index is 1000. The number of carbonyl (C=O) groups is 1. The third-order valence-corrected chi connectivity index (χ3v) is 4.85. The van der Waals surface area contributed by atoms with Gasteiger partial charge in [-0.2, -0.15) is 0 Å². The van der Waals surface area contributed by atoms with Crippen molar-refractivity contribution in [3.8, 4) is 5.75 Å². The summed E-state index contributed by atoms with van der Waals surface area (Å²) in [5.74, 6) is -0.0104. The summed E-state index contributed by atoms with van der Waals surface area (Å²) >= 11 is 1.28. The zero-order chi connectivity index (χ0) is 16.5. The standard InChI is InChI=1S/C18H15N3O2S/c22-13-5-6-15-16(10-13)24-18(21-15)17(23)19-8-7-12-9-11-3-1-2-4-14(11)20-12/h1-6,9-10,20,22H,7-8H2,(H,19,23). The number of nitrogens with zero attached hydrogens (tertiary/aromatic N) is 1. The average Bonchev–Trinajstić information content (AvgIpc) is 3.17. The summed E-state index contributed by atoms with van der Waals surface area (Å²) in [5.41, 5.74) is 2.91. The topological polar surface area (TPSA) is 78.0 Å². The van der Waals surface area contributed by atoms with E-state index in [0.717, 1.165) is 27.8 Å². The van der Waals surface area contributed by atoms with Gasteiger partial charge in [0.15, 0.2) is 5.01 Å². The minimum atomic E-state index is -0.188. The quantitative estimate of drug-likeness (QED) is 0.534. The molecule has 0 fully saturated rings. The molecule has 0 saturated heterocycles. The van der Waals surface area contributed by atoms with Crippen LogP contribution in [-0.4, -0.2) is 27.5 Å². The molecule has 5 nitrogen and oxygen atoms in total. The smallest absolute Gasteiger partial charge is 0.280 e. The van der Waals surface area contributed by atoms with Crippen molar-refractivity contribution in [1.82, 2.24) is 15.3 Å². The van der Waals surface area contributed by atoms with Gasteiger partial charge in [-0.25, -0.2) is 4.98 Å². The number of thiazole rings is 1. The van der Waals surface area contributed by atoms with Gasteiger partial charge in [-0.05, 0) is 35.7 Å². The predicted octanol–water partition coefficient (Wildman–Crippen LogP) is 3.46. The maximum absolute atomic E-state index is 12.2. The van der Waals surface area contributed by atoms with Gasteiger partial charge < -0.3 is 15.4 Å². The first-order valence-corrected chi connectivity index (χ1v) is 8.45. The van der Waals surface area contributed by atoms with Crippen LogP contribution in [0.2, 0.25) is 0 Å². The minimum Gasteiger partial charge on any atom is -0.508 e. The maximum atomic E-state index is 12.2. The third-order valence-electron chi connectivity index (χ3n) is 3.83. The molecule has 24 heavy (non-hydrogen) atoms. The second kappa shape index (κ2) is 5.98. The molecule has 0 saturated carbocycles. The Hall–Kier alpha value is -2.86. The van der Waals surface area contributed by atoms with Crippen molar-refractivity contribution in [3.63, 3.8) is 0 Å². The van der Waals surface area contributed by atoms with Crippen molar-refractivity contribution < 1.29 is 9.90 Å². The Morgan fingerprint density at radius 3 is 2.96 bits per heavy atom. The zero-order valence-corrected chi connectivity index (χ0v) is 13.6. The van der Waals surface area contributed by atoms with E-state index in [1.807, 2.05) is 18.2 Å². The molecule has 0 spiro atoms. The number of fused-ring (bicyclic) bond motifs is 2. The number of hydrogen-bond donors (Lipinski definition) is 3. The van der Waals surface area contributed by atoms with Crippen molar-refractivity contribution in [2.75, 3.05) is 6.54 Å². The fourth-order valence-electron chi connectivity index (χ4n) is 2.66. The van der Waals surface area contributed by atoms with E-state index < -0.39 is 0 Å². The van der Waals surface area contributed by atoms with Gasteiger partial charge in [0.25, 0.3) is 5.91 Å². The first-order chi connectivity index (χ1) is 11.7. The number of rotatable bonds is 4. The molecule has 0 aliphatic carbocycles. The number of aromatic hydroxyl groups is 1. The summed E-state index contributed by atoms with van der Waals surface area (Å²) < 4.78 is 0.802. The number of phenolic OH excluding ortho intramolecular Hbond substituents is 1. The largest absolute Gasteiger partial charge is 0.508 e. The lowest BCUT2D eigenvalue weighted by Gasteiger charge is -2.01. The fraction of sp³-hybridized carbons (Fsp3) is 0.111. The van der Waals surface area contributed by atoms with Crippen LogP contribution in [0.4, 0.5) is 0 Å². The summed E-state index contributed by atoms with van der Waals surface area (Å²) in [6.45, 7) is 0.535. The van der Waals surface area contributed by atoms with Crippen LogP contribution < -0.4 is 5.32 Å². The lowest BCUT2D eigenvalue weighted by atomic mass is 10.2. The summed E-state index contributed by atoms with van der Waals surface area (Å²) in [5, 5.41) is 14.0. The van der Waals surface area contributed by atoms with E-state index >= 15 is 0 Å². The zero-order valence-electron chi connectivity index (χ0n) is 12.7. The molecule has 0 atom stereocenters. The first-order valence-electron chi connectivity index (χ1n) is 7.63. The molecule has 2 heterocycles. The molecule has 120 valence electrons. The monoisotopic (exact) mass is 337 g/mol. The number of benzene rings is 2. The highest BCUT2D eigenvalue weighted by molar-refractivity contribution is 7.20. The number of hydrogen-bond acceptors (Lipinski definition) is 4. The number of aromatic amines is 1. The Morgan fingerprint density at radius 2 is 2.08 bits per heavy atom. The Labute approximate surface area is 142 Å². The van der Waals surface area contributed by atoms with Crippen molar-refractivity contribution in [1.29, 1.82) is 0 Å². The normalized spacial score (nSPS) is 11.2. The molecule has 0 aliphatic heterocycles. The molecule has 4 aromatic rings. The van der Waals surface area contributed by atoms with Crippen molar-refractivity contribution >= 4 is 38.4 Å². The molecule has 3 N–H and O–H groups in total. The predicted molar refractivity (Wildman–Crippen MR) is 95.6 cm³/mol.